The molecule has 0 aliphatic rings. The van der Waals surface area contributed by atoms with Crippen molar-refractivity contribution in [2.75, 3.05) is 40.8 Å². The van der Waals surface area contributed by atoms with Crippen molar-refractivity contribution in [1.82, 2.24) is 0 Å². The minimum Gasteiger partial charge on any atom is -0.466 e. The number of carbonyl (C=O) groups excluding carboxylic acids is 1. The van der Waals surface area contributed by atoms with E-state index in [0.29, 0.717) is 23.1 Å². The molecule has 5 heteroatoms. The van der Waals surface area contributed by atoms with Gasteiger partial charge in [-0.15, -0.1) is 0 Å². The quantitative estimate of drug-likeness (QED) is 0.223. The Morgan fingerprint density at radius 2 is 2.20 bits per heavy atom. The molecule has 0 saturated heterocycles. The highest BCUT2D eigenvalue weighted by atomic mass is 32.1. The van der Waals surface area contributed by atoms with Crippen molar-refractivity contribution in [2.24, 2.45) is 4.99 Å². The van der Waals surface area contributed by atoms with Gasteiger partial charge in [-0.1, -0.05) is 6.58 Å². The van der Waals surface area contributed by atoms with Crippen LogP contribution in [0, 0.1) is 0 Å². The van der Waals surface area contributed by atoms with Gasteiger partial charge < -0.3 is 9.22 Å². The standard InChI is InChI=1S/C10H17N2O2S/c1-9(10(13)14-4)7-12(2,3)6-5-11-8-15/h1,5-7H2,2-4H3/q+1. The van der Waals surface area contributed by atoms with Crippen LogP contribution in [-0.2, 0) is 9.53 Å². The Hall–Kier alpha value is -1.03. The molecule has 0 fully saturated rings. The van der Waals surface area contributed by atoms with E-state index in [1.807, 2.05) is 14.1 Å². The Morgan fingerprint density at radius 3 is 2.67 bits per heavy atom. The van der Waals surface area contributed by atoms with E-state index in [1.54, 1.807) is 0 Å². The maximum absolute atomic E-state index is 11.1. The van der Waals surface area contributed by atoms with Crippen LogP contribution in [0.2, 0.25) is 0 Å². The summed E-state index contributed by atoms with van der Waals surface area (Å²) >= 11 is 4.47. The van der Waals surface area contributed by atoms with Crippen LogP contribution in [0.25, 0.3) is 0 Å². The van der Waals surface area contributed by atoms with E-state index >= 15 is 0 Å². The molecular formula is C10H17N2O2S+. The number of ether oxygens (including phenoxy) is 1. The van der Waals surface area contributed by atoms with Gasteiger partial charge in [0.05, 0.1) is 45.0 Å². The summed E-state index contributed by atoms with van der Waals surface area (Å²) in [6, 6.07) is 0. The Labute approximate surface area is 95.8 Å². The molecule has 0 aromatic rings. The van der Waals surface area contributed by atoms with Crippen LogP contribution in [-0.4, -0.2) is 56.5 Å². The molecule has 0 radical (unpaired) electrons. The van der Waals surface area contributed by atoms with Crippen LogP contribution >= 0.6 is 12.2 Å². The second kappa shape index (κ2) is 6.45. The number of isothiocyanates is 1. The molecule has 0 saturated carbocycles. The normalized spacial score (nSPS) is 10.3. The summed E-state index contributed by atoms with van der Waals surface area (Å²) in [5.74, 6) is -0.362. The lowest BCUT2D eigenvalue weighted by atomic mass is 10.2. The highest BCUT2D eigenvalue weighted by Crippen LogP contribution is 2.04. The fraction of sp³-hybridized carbons (Fsp3) is 0.600. The number of rotatable bonds is 6. The Morgan fingerprint density at radius 1 is 1.60 bits per heavy atom. The van der Waals surface area contributed by atoms with Gasteiger partial charge in [-0.25, -0.2) is 9.79 Å². The number of carbonyl (C=O) groups is 1. The Bertz CT molecular complexity index is 294. The predicted octanol–water partition coefficient (Wildman–Crippen LogP) is 0.895. The monoisotopic (exact) mass is 229 g/mol. The molecule has 0 aromatic heterocycles. The molecular weight excluding hydrogens is 212 g/mol. The van der Waals surface area contributed by atoms with Crippen molar-refractivity contribution in [2.45, 2.75) is 0 Å². The SMILES string of the molecule is C=C(C[N+](C)(C)CCN=C=S)C(=O)OC. The van der Waals surface area contributed by atoms with Crippen LogP contribution in [0.4, 0.5) is 0 Å². The number of aliphatic imine (C=N–C) groups is 1. The fourth-order valence-electron chi connectivity index (χ4n) is 1.17. The van der Waals surface area contributed by atoms with Crippen LogP contribution in [0.5, 0.6) is 0 Å². The lowest BCUT2D eigenvalue weighted by Gasteiger charge is -2.29. The molecule has 0 N–H and O–H groups in total. The lowest BCUT2D eigenvalue weighted by Crippen LogP contribution is -2.44. The third kappa shape index (κ3) is 6.12. The van der Waals surface area contributed by atoms with Crippen molar-refractivity contribution in [1.29, 1.82) is 0 Å². The summed E-state index contributed by atoms with van der Waals surface area (Å²) in [5, 5.41) is 2.31. The topological polar surface area (TPSA) is 38.7 Å². The van der Waals surface area contributed by atoms with Gasteiger partial charge in [-0.3, -0.25) is 0 Å². The molecule has 84 valence electrons. The molecule has 0 aliphatic carbocycles. The number of likely N-dealkylation sites (N-methyl/N-ethyl adjacent to an activating group) is 1. The summed E-state index contributed by atoms with van der Waals surface area (Å²) in [5.41, 5.74) is 0.467. The first-order valence-electron chi connectivity index (χ1n) is 4.54. The molecule has 0 aliphatic heterocycles. The Kier molecular flexibility index (Phi) is 6.01. The van der Waals surface area contributed by atoms with E-state index in [0.717, 1.165) is 6.54 Å². The first-order chi connectivity index (χ1) is 6.93. The first-order valence-corrected chi connectivity index (χ1v) is 4.95. The van der Waals surface area contributed by atoms with Gasteiger partial charge in [0.2, 0.25) is 0 Å². The van der Waals surface area contributed by atoms with Crippen LogP contribution in [0.15, 0.2) is 17.1 Å². The van der Waals surface area contributed by atoms with Gasteiger partial charge in [0, 0.05) is 0 Å². The number of thiocarbonyl (C=S) groups is 1. The third-order valence-electron chi connectivity index (χ3n) is 1.97. The highest BCUT2D eigenvalue weighted by molar-refractivity contribution is 7.78. The molecule has 0 spiro atoms. The summed E-state index contributed by atoms with van der Waals surface area (Å²) in [6.45, 7) is 5.60. The van der Waals surface area contributed by atoms with E-state index in [4.69, 9.17) is 0 Å². The molecule has 0 bridgehead atoms. The van der Waals surface area contributed by atoms with Gasteiger partial charge in [0.25, 0.3) is 0 Å². The van der Waals surface area contributed by atoms with E-state index in [2.05, 4.69) is 33.7 Å². The number of hydrogen-bond donors (Lipinski definition) is 0. The largest absolute Gasteiger partial charge is 0.466 e. The van der Waals surface area contributed by atoms with Gasteiger partial charge in [0.1, 0.15) is 6.54 Å². The van der Waals surface area contributed by atoms with Crippen molar-refractivity contribution >= 4 is 23.3 Å². The van der Waals surface area contributed by atoms with Gasteiger partial charge in [-0.2, -0.15) is 0 Å². The zero-order chi connectivity index (χ0) is 11.9. The zero-order valence-corrected chi connectivity index (χ0v) is 10.3. The van der Waals surface area contributed by atoms with Crippen LogP contribution in [0.1, 0.15) is 0 Å². The zero-order valence-electron chi connectivity index (χ0n) is 9.45. The smallest absolute Gasteiger partial charge is 0.338 e. The minimum absolute atomic E-state index is 0.362. The van der Waals surface area contributed by atoms with Crippen LogP contribution < -0.4 is 0 Å². The third-order valence-corrected chi connectivity index (χ3v) is 2.10. The number of methoxy groups -OCH3 is 1. The van der Waals surface area contributed by atoms with E-state index in [1.165, 1.54) is 7.11 Å². The summed E-state index contributed by atoms with van der Waals surface area (Å²) in [6.07, 6.45) is 0. The fourth-order valence-corrected chi connectivity index (χ4v) is 1.26. The average molecular weight is 229 g/mol. The second-order valence-corrected chi connectivity index (χ2v) is 4.07. The van der Waals surface area contributed by atoms with Crippen molar-refractivity contribution in [3.8, 4) is 0 Å². The maximum Gasteiger partial charge on any atom is 0.338 e. The van der Waals surface area contributed by atoms with Gasteiger partial charge in [-0.05, 0) is 12.2 Å². The lowest BCUT2D eigenvalue weighted by molar-refractivity contribution is -0.883. The van der Waals surface area contributed by atoms with E-state index in [-0.39, 0.29) is 5.97 Å². The molecule has 15 heavy (non-hydrogen) atoms. The number of esters is 1. The molecule has 0 atom stereocenters. The van der Waals surface area contributed by atoms with Crippen molar-refractivity contribution in [3.05, 3.63) is 12.2 Å². The first kappa shape index (κ1) is 14.0. The van der Waals surface area contributed by atoms with E-state index in [9.17, 15) is 4.79 Å². The molecule has 0 aromatic carbocycles. The summed E-state index contributed by atoms with van der Waals surface area (Å²) in [4.78, 5) is 15.0. The molecule has 0 unspecified atom stereocenters. The highest BCUT2D eigenvalue weighted by Gasteiger charge is 2.20. The van der Waals surface area contributed by atoms with E-state index < -0.39 is 0 Å². The number of quaternary nitrogens is 1. The maximum atomic E-state index is 11.1. The number of hydrogen-bond acceptors (Lipinski definition) is 4. The molecule has 0 heterocycles. The predicted molar refractivity (Wildman–Crippen MR) is 62.9 cm³/mol. The van der Waals surface area contributed by atoms with Gasteiger partial charge in [0.15, 0.2) is 0 Å². The Balaban J connectivity index is 4.18. The van der Waals surface area contributed by atoms with Gasteiger partial charge >= 0.3 is 5.97 Å². The van der Waals surface area contributed by atoms with Crippen molar-refractivity contribution < 1.29 is 14.0 Å². The minimum atomic E-state index is -0.362. The van der Waals surface area contributed by atoms with Crippen molar-refractivity contribution in [3.63, 3.8) is 0 Å². The summed E-state index contributed by atoms with van der Waals surface area (Å²) in [7, 11) is 5.34. The van der Waals surface area contributed by atoms with Crippen LogP contribution in [0.3, 0.4) is 0 Å². The molecule has 4 nitrogen and oxygen atoms in total. The molecule has 0 rings (SSSR count). The summed E-state index contributed by atoms with van der Waals surface area (Å²) < 4.78 is 5.20. The second-order valence-electron chi connectivity index (χ2n) is 3.89. The number of nitrogens with zero attached hydrogens (tertiary/aromatic N) is 2. The molecule has 0 amide bonds. The average Bonchev–Trinajstić information content (AvgIpc) is 2.16.